The molecule has 3 rings (SSSR count). The molecule has 7 nitrogen and oxygen atoms in total. The standard InChI is InChI=1S/C25H27N5O2/c26-12-4-13-29-25(32)21-6-3-5-20(16-21)19-10-8-18(9-11-19)15-22(17-27)30-14-2-1-7-23(30)24(28)31/h3,5-6,8-11,16,22-23H,1-2,4,7,13-15H2,(H2,28,31)(H,29,32)/t22-,23?/m0/s1. The second-order valence-corrected chi connectivity index (χ2v) is 7.94. The van der Waals surface area contributed by atoms with Gasteiger partial charge in [0.15, 0.2) is 0 Å². The highest BCUT2D eigenvalue weighted by molar-refractivity contribution is 5.95. The number of carbonyl (C=O) groups is 2. The molecular formula is C25H27N5O2. The van der Waals surface area contributed by atoms with Crippen LogP contribution in [0.15, 0.2) is 48.5 Å². The zero-order valence-corrected chi connectivity index (χ0v) is 18.0. The predicted molar refractivity (Wildman–Crippen MR) is 121 cm³/mol. The van der Waals surface area contributed by atoms with Crippen molar-refractivity contribution in [3.05, 3.63) is 59.7 Å². The predicted octanol–water partition coefficient (Wildman–Crippen LogP) is 2.77. The first-order chi connectivity index (χ1) is 15.5. The maximum Gasteiger partial charge on any atom is 0.251 e. The number of carbonyl (C=O) groups excluding carboxylic acids is 2. The van der Waals surface area contributed by atoms with Gasteiger partial charge in [0.05, 0.1) is 24.6 Å². The van der Waals surface area contributed by atoms with E-state index in [1.54, 1.807) is 6.07 Å². The molecule has 0 radical (unpaired) electrons. The molecule has 1 saturated heterocycles. The van der Waals surface area contributed by atoms with Gasteiger partial charge in [0.2, 0.25) is 5.91 Å². The van der Waals surface area contributed by atoms with Gasteiger partial charge in [-0.15, -0.1) is 0 Å². The highest BCUT2D eigenvalue weighted by Gasteiger charge is 2.32. The number of benzene rings is 2. The van der Waals surface area contributed by atoms with Crippen molar-refractivity contribution in [2.24, 2.45) is 5.73 Å². The smallest absolute Gasteiger partial charge is 0.251 e. The largest absolute Gasteiger partial charge is 0.368 e. The number of hydrogen-bond donors (Lipinski definition) is 2. The van der Waals surface area contributed by atoms with Gasteiger partial charge in [-0.05, 0) is 41.7 Å². The SMILES string of the molecule is N#CCCNC(=O)c1cccc(-c2ccc(C[C@@H](C#N)N3CCCCC3C(N)=O)cc2)c1. The Kier molecular flexibility index (Phi) is 7.96. The summed E-state index contributed by atoms with van der Waals surface area (Å²) < 4.78 is 0. The molecular weight excluding hydrogens is 402 g/mol. The van der Waals surface area contributed by atoms with E-state index in [0.29, 0.717) is 31.5 Å². The van der Waals surface area contributed by atoms with E-state index in [1.165, 1.54) is 0 Å². The molecule has 1 aliphatic heterocycles. The van der Waals surface area contributed by atoms with E-state index in [4.69, 9.17) is 11.0 Å². The lowest BCUT2D eigenvalue weighted by Gasteiger charge is -2.36. The normalized spacial score (nSPS) is 17.0. The van der Waals surface area contributed by atoms with Crippen molar-refractivity contribution in [1.29, 1.82) is 10.5 Å². The van der Waals surface area contributed by atoms with Crippen LogP contribution in [-0.4, -0.2) is 41.9 Å². The van der Waals surface area contributed by atoms with Crippen LogP contribution in [0.1, 0.15) is 41.6 Å². The van der Waals surface area contributed by atoms with Crippen LogP contribution < -0.4 is 11.1 Å². The summed E-state index contributed by atoms with van der Waals surface area (Å²) in [6.45, 7) is 1.02. The Bertz CT molecular complexity index is 1040. The molecule has 1 heterocycles. The summed E-state index contributed by atoms with van der Waals surface area (Å²) in [6.07, 6.45) is 3.40. The van der Waals surface area contributed by atoms with Crippen molar-refractivity contribution >= 4 is 11.8 Å². The number of hydrogen-bond acceptors (Lipinski definition) is 5. The molecule has 2 aromatic rings. The molecule has 32 heavy (non-hydrogen) atoms. The number of likely N-dealkylation sites (tertiary alicyclic amines) is 1. The van der Waals surface area contributed by atoms with Gasteiger partial charge in [-0.3, -0.25) is 14.5 Å². The Labute approximate surface area is 188 Å². The van der Waals surface area contributed by atoms with Crippen molar-refractivity contribution in [1.82, 2.24) is 10.2 Å². The zero-order chi connectivity index (χ0) is 22.9. The first kappa shape index (κ1) is 23.0. The molecule has 0 spiro atoms. The summed E-state index contributed by atoms with van der Waals surface area (Å²) >= 11 is 0. The van der Waals surface area contributed by atoms with Crippen LogP contribution in [0.2, 0.25) is 0 Å². The Morgan fingerprint density at radius 3 is 2.59 bits per heavy atom. The molecule has 164 valence electrons. The molecule has 0 saturated carbocycles. The molecule has 0 bridgehead atoms. The van der Waals surface area contributed by atoms with E-state index in [0.717, 1.165) is 29.5 Å². The van der Waals surface area contributed by atoms with Gasteiger partial charge in [0, 0.05) is 25.1 Å². The van der Waals surface area contributed by atoms with Crippen LogP contribution in [0.5, 0.6) is 0 Å². The second-order valence-electron chi connectivity index (χ2n) is 7.94. The number of nitriles is 2. The minimum Gasteiger partial charge on any atom is -0.368 e. The maximum absolute atomic E-state index is 12.2. The van der Waals surface area contributed by atoms with Gasteiger partial charge in [-0.1, -0.05) is 42.8 Å². The lowest BCUT2D eigenvalue weighted by atomic mass is 9.95. The maximum atomic E-state index is 12.2. The fourth-order valence-electron chi connectivity index (χ4n) is 4.10. The first-order valence-electron chi connectivity index (χ1n) is 10.8. The molecule has 2 atom stereocenters. The first-order valence-corrected chi connectivity index (χ1v) is 10.8. The van der Waals surface area contributed by atoms with Gasteiger partial charge in [0.25, 0.3) is 5.91 Å². The fraction of sp³-hybridized carbons (Fsp3) is 0.360. The van der Waals surface area contributed by atoms with E-state index in [9.17, 15) is 14.9 Å². The minimum atomic E-state index is -0.404. The third kappa shape index (κ3) is 5.72. The van der Waals surface area contributed by atoms with Crippen LogP contribution in [-0.2, 0) is 11.2 Å². The van der Waals surface area contributed by atoms with Crippen LogP contribution in [0.4, 0.5) is 0 Å². The summed E-state index contributed by atoms with van der Waals surface area (Å²) in [4.78, 5) is 26.0. The second kappa shape index (κ2) is 11.1. The lowest BCUT2D eigenvalue weighted by Crippen LogP contribution is -2.52. The average Bonchev–Trinajstić information content (AvgIpc) is 2.83. The van der Waals surface area contributed by atoms with E-state index in [2.05, 4.69) is 11.4 Å². The van der Waals surface area contributed by atoms with Crippen molar-refractivity contribution in [2.45, 2.75) is 44.2 Å². The summed E-state index contributed by atoms with van der Waals surface area (Å²) in [7, 11) is 0. The van der Waals surface area contributed by atoms with E-state index < -0.39 is 6.04 Å². The van der Waals surface area contributed by atoms with Gasteiger partial charge >= 0.3 is 0 Å². The molecule has 1 unspecified atom stereocenters. The Morgan fingerprint density at radius 1 is 1.12 bits per heavy atom. The van der Waals surface area contributed by atoms with Crippen molar-refractivity contribution in [2.75, 3.05) is 13.1 Å². The van der Waals surface area contributed by atoms with Gasteiger partial charge < -0.3 is 11.1 Å². The summed E-state index contributed by atoms with van der Waals surface area (Å²) in [5, 5.41) is 21.1. The van der Waals surface area contributed by atoms with E-state index in [1.807, 2.05) is 53.4 Å². The van der Waals surface area contributed by atoms with E-state index >= 15 is 0 Å². The highest BCUT2D eigenvalue weighted by Crippen LogP contribution is 2.24. The van der Waals surface area contributed by atoms with Crippen LogP contribution in [0.25, 0.3) is 11.1 Å². The van der Waals surface area contributed by atoms with Crippen molar-refractivity contribution in [3.63, 3.8) is 0 Å². The Morgan fingerprint density at radius 2 is 1.91 bits per heavy atom. The third-order valence-corrected chi connectivity index (χ3v) is 5.79. The van der Waals surface area contributed by atoms with E-state index in [-0.39, 0.29) is 24.3 Å². The van der Waals surface area contributed by atoms with Gasteiger partial charge in [-0.25, -0.2) is 0 Å². The van der Waals surface area contributed by atoms with Gasteiger partial charge in [-0.2, -0.15) is 10.5 Å². The number of rotatable bonds is 8. The number of nitrogens with two attached hydrogens (primary N) is 1. The van der Waals surface area contributed by atoms with Crippen LogP contribution in [0.3, 0.4) is 0 Å². The van der Waals surface area contributed by atoms with Crippen molar-refractivity contribution in [3.8, 4) is 23.3 Å². The monoisotopic (exact) mass is 429 g/mol. The lowest BCUT2D eigenvalue weighted by molar-refractivity contribution is -0.125. The molecule has 2 amide bonds. The Balaban J connectivity index is 1.70. The van der Waals surface area contributed by atoms with Gasteiger partial charge in [0.1, 0.15) is 6.04 Å². The van der Waals surface area contributed by atoms with Crippen molar-refractivity contribution < 1.29 is 9.59 Å². The molecule has 0 aliphatic carbocycles. The fourth-order valence-corrected chi connectivity index (χ4v) is 4.10. The average molecular weight is 430 g/mol. The Hall–Kier alpha value is -3.68. The van der Waals surface area contributed by atoms with Crippen LogP contribution in [0, 0.1) is 22.7 Å². The number of piperidine rings is 1. The quantitative estimate of drug-likeness (QED) is 0.625. The highest BCUT2D eigenvalue weighted by atomic mass is 16.2. The molecule has 0 aromatic heterocycles. The number of amides is 2. The number of nitrogens with one attached hydrogen (secondary N) is 1. The zero-order valence-electron chi connectivity index (χ0n) is 18.0. The topological polar surface area (TPSA) is 123 Å². The molecule has 2 aromatic carbocycles. The molecule has 7 heteroatoms. The summed E-state index contributed by atoms with van der Waals surface area (Å²) in [5.41, 5.74) is 8.97. The minimum absolute atomic E-state index is 0.207. The third-order valence-electron chi connectivity index (χ3n) is 5.79. The summed E-state index contributed by atoms with van der Waals surface area (Å²) in [5.74, 6) is -0.571. The molecule has 3 N–H and O–H groups in total. The van der Waals surface area contributed by atoms with Crippen LogP contribution >= 0.6 is 0 Å². The molecule has 1 aliphatic rings. The number of primary amides is 1. The summed E-state index contributed by atoms with van der Waals surface area (Å²) in [6, 6.07) is 18.8. The molecule has 1 fully saturated rings. The number of nitrogens with zero attached hydrogens (tertiary/aromatic N) is 3.